The normalized spacial score (nSPS) is 18.9. The van der Waals surface area contributed by atoms with Crippen molar-refractivity contribution in [1.82, 2.24) is 9.80 Å². The second kappa shape index (κ2) is 6.45. The summed E-state index contributed by atoms with van der Waals surface area (Å²) in [4.78, 5) is 27.6. The van der Waals surface area contributed by atoms with E-state index in [0.29, 0.717) is 30.4 Å². The lowest BCUT2D eigenvalue weighted by Gasteiger charge is -2.33. The fraction of sp³-hybridized carbons (Fsp3) is 0.538. The molecule has 0 spiro atoms. The standard InChI is InChI=1S/C13H17ClN2O3S/c1-15(8-10-4-5-11(14)20-10)13(19)16-6-2-3-9(7-16)12(17)18/h4-5,9H,2-3,6-8H2,1H3,(H,17,18)/t9-/m1/s1. The lowest BCUT2D eigenvalue weighted by molar-refractivity contribution is -0.143. The van der Waals surface area contributed by atoms with Gasteiger partial charge in [0.05, 0.1) is 16.8 Å². The molecule has 1 aromatic rings. The number of hydrogen-bond acceptors (Lipinski definition) is 3. The van der Waals surface area contributed by atoms with Gasteiger partial charge in [0, 0.05) is 25.0 Å². The summed E-state index contributed by atoms with van der Waals surface area (Å²) < 4.78 is 0.699. The zero-order valence-corrected chi connectivity index (χ0v) is 12.8. The van der Waals surface area contributed by atoms with Crippen LogP contribution in [0.25, 0.3) is 0 Å². The van der Waals surface area contributed by atoms with Crippen molar-refractivity contribution >= 4 is 34.9 Å². The van der Waals surface area contributed by atoms with Crippen LogP contribution in [-0.2, 0) is 11.3 Å². The number of halogens is 1. The molecule has 1 aliphatic rings. The molecule has 2 heterocycles. The Morgan fingerprint density at radius 2 is 2.30 bits per heavy atom. The van der Waals surface area contributed by atoms with Gasteiger partial charge in [-0.1, -0.05) is 11.6 Å². The van der Waals surface area contributed by atoms with E-state index in [9.17, 15) is 9.59 Å². The van der Waals surface area contributed by atoms with E-state index in [1.807, 2.05) is 6.07 Å². The summed E-state index contributed by atoms with van der Waals surface area (Å²) in [7, 11) is 1.72. The number of carboxylic acid groups (broad SMARTS) is 1. The number of carbonyl (C=O) groups is 2. The fourth-order valence-corrected chi connectivity index (χ4v) is 3.47. The van der Waals surface area contributed by atoms with Crippen molar-refractivity contribution in [2.45, 2.75) is 19.4 Å². The van der Waals surface area contributed by atoms with Crippen LogP contribution in [0.3, 0.4) is 0 Å². The molecule has 0 saturated carbocycles. The van der Waals surface area contributed by atoms with Crippen LogP contribution in [0.15, 0.2) is 12.1 Å². The highest BCUT2D eigenvalue weighted by Gasteiger charge is 2.29. The lowest BCUT2D eigenvalue weighted by Crippen LogP contribution is -2.47. The number of rotatable bonds is 3. The van der Waals surface area contributed by atoms with Crippen molar-refractivity contribution in [2.75, 3.05) is 20.1 Å². The number of thiophene rings is 1. The Labute approximate surface area is 126 Å². The lowest BCUT2D eigenvalue weighted by atomic mass is 9.99. The van der Waals surface area contributed by atoms with E-state index in [1.54, 1.807) is 22.9 Å². The van der Waals surface area contributed by atoms with Gasteiger partial charge in [-0.3, -0.25) is 4.79 Å². The highest BCUT2D eigenvalue weighted by atomic mass is 35.5. The van der Waals surface area contributed by atoms with Crippen LogP contribution in [0.1, 0.15) is 17.7 Å². The van der Waals surface area contributed by atoms with E-state index in [2.05, 4.69) is 0 Å². The van der Waals surface area contributed by atoms with Crippen LogP contribution in [0, 0.1) is 5.92 Å². The van der Waals surface area contributed by atoms with Crippen molar-refractivity contribution in [2.24, 2.45) is 5.92 Å². The highest BCUT2D eigenvalue weighted by molar-refractivity contribution is 7.16. The third-order valence-corrected chi connectivity index (χ3v) is 4.61. The number of likely N-dealkylation sites (tertiary alicyclic amines) is 1. The maximum absolute atomic E-state index is 12.3. The number of amides is 2. The molecule has 1 N–H and O–H groups in total. The predicted molar refractivity (Wildman–Crippen MR) is 78.1 cm³/mol. The van der Waals surface area contributed by atoms with Gasteiger partial charge in [0.2, 0.25) is 0 Å². The molecular formula is C13H17ClN2O3S. The third kappa shape index (κ3) is 3.64. The van der Waals surface area contributed by atoms with Crippen LogP contribution in [0.5, 0.6) is 0 Å². The van der Waals surface area contributed by atoms with Crippen LogP contribution in [-0.4, -0.2) is 47.0 Å². The molecule has 1 atom stereocenters. The monoisotopic (exact) mass is 316 g/mol. The van der Waals surface area contributed by atoms with Gasteiger partial charge < -0.3 is 14.9 Å². The van der Waals surface area contributed by atoms with Gasteiger partial charge in [0.15, 0.2) is 0 Å². The molecule has 110 valence electrons. The predicted octanol–water partition coefficient (Wildman–Crippen LogP) is 2.75. The van der Waals surface area contributed by atoms with Gasteiger partial charge in [-0.25, -0.2) is 4.79 Å². The average Bonchev–Trinajstić information content (AvgIpc) is 2.83. The van der Waals surface area contributed by atoms with Crippen molar-refractivity contribution in [3.8, 4) is 0 Å². The number of hydrogen-bond donors (Lipinski definition) is 1. The molecule has 7 heteroatoms. The third-order valence-electron chi connectivity index (χ3n) is 3.39. The summed E-state index contributed by atoms with van der Waals surface area (Å²) in [5.41, 5.74) is 0. The molecule has 0 aromatic carbocycles. The SMILES string of the molecule is CN(Cc1ccc(Cl)s1)C(=O)N1CCC[C@@H](C(=O)O)C1. The zero-order chi connectivity index (χ0) is 14.7. The van der Waals surface area contributed by atoms with Crippen LogP contribution in [0.2, 0.25) is 4.34 Å². The largest absolute Gasteiger partial charge is 0.481 e. The first kappa shape index (κ1) is 15.1. The van der Waals surface area contributed by atoms with E-state index in [4.69, 9.17) is 16.7 Å². The molecule has 2 rings (SSSR count). The molecule has 0 radical (unpaired) electrons. The number of aliphatic carboxylic acids is 1. The average molecular weight is 317 g/mol. The molecular weight excluding hydrogens is 300 g/mol. The number of carbonyl (C=O) groups excluding carboxylic acids is 1. The topological polar surface area (TPSA) is 60.9 Å². The smallest absolute Gasteiger partial charge is 0.320 e. The number of carboxylic acids is 1. The second-order valence-corrected chi connectivity index (χ2v) is 6.77. The Morgan fingerprint density at radius 1 is 1.55 bits per heavy atom. The first-order chi connectivity index (χ1) is 9.47. The zero-order valence-electron chi connectivity index (χ0n) is 11.2. The first-order valence-electron chi connectivity index (χ1n) is 6.44. The summed E-state index contributed by atoms with van der Waals surface area (Å²) >= 11 is 7.31. The minimum Gasteiger partial charge on any atom is -0.481 e. The van der Waals surface area contributed by atoms with E-state index < -0.39 is 11.9 Å². The number of piperidine rings is 1. The van der Waals surface area contributed by atoms with Crippen LogP contribution >= 0.6 is 22.9 Å². The van der Waals surface area contributed by atoms with Gasteiger partial charge in [0.1, 0.15) is 0 Å². The quantitative estimate of drug-likeness (QED) is 0.932. The maximum atomic E-state index is 12.3. The molecule has 1 aliphatic heterocycles. The summed E-state index contributed by atoms with van der Waals surface area (Å²) in [5, 5.41) is 9.05. The summed E-state index contributed by atoms with van der Waals surface area (Å²) in [5.74, 6) is -1.27. The molecule has 0 bridgehead atoms. The Hall–Kier alpha value is -1.27. The number of urea groups is 1. The molecule has 0 aliphatic carbocycles. The van der Waals surface area contributed by atoms with Crippen molar-refractivity contribution in [1.29, 1.82) is 0 Å². The summed E-state index contributed by atoms with van der Waals surface area (Å²) in [6.07, 6.45) is 1.38. The van der Waals surface area contributed by atoms with Crippen molar-refractivity contribution in [3.05, 3.63) is 21.3 Å². The molecule has 1 aromatic heterocycles. The van der Waals surface area contributed by atoms with Gasteiger partial charge in [0.25, 0.3) is 0 Å². The van der Waals surface area contributed by atoms with Gasteiger partial charge >= 0.3 is 12.0 Å². The number of nitrogens with zero attached hydrogens (tertiary/aromatic N) is 2. The fourth-order valence-electron chi connectivity index (χ4n) is 2.33. The van der Waals surface area contributed by atoms with E-state index >= 15 is 0 Å². The van der Waals surface area contributed by atoms with Crippen LogP contribution in [0.4, 0.5) is 4.79 Å². The maximum Gasteiger partial charge on any atom is 0.320 e. The van der Waals surface area contributed by atoms with Crippen LogP contribution < -0.4 is 0 Å². The highest BCUT2D eigenvalue weighted by Crippen LogP contribution is 2.23. The molecule has 1 fully saturated rings. The van der Waals surface area contributed by atoms with E-state index in [-0.39, 0.29) is 6.03 Å². The van der Waals surface area contributed by atoms with Gasteiger partial charge in [-0.2, -0.15) is 0 Å². The van der Waals surface area contributed by atoms with Gasteiger partial charge in [-0.05, 0) is 25.0 Å². The minimum absolute atomic E-state index is 0.125. The van der Waals surface area contributed by atoms with Crippen molar-refractivity contribution < 1.29 is 14.7 Å². The Kier molecular flexibility index (Phi) is 4.88. The molecule has 20 heavy (non-hydrogen) atoms. The molecule has 0 unspecified atom stereocenters. The summed E-state index contributed by atoms with van der Waals surface area (Å²) in [6.45, 7) is 1.41. The first-order valence-corrected chi connectivity index (χ1v) is 7.64. The molecule has 1 saturated heterocycles. The second-order valence-electron chi connectivity index (χ2n) is 4.97. The summed E-state index contributed by atoms with van der Waals surface area (Å²) in [6, 6.07) is 3.58. The molecule has 2 amide bonds. The van der Waals surface area contributed by atoms with E-state index in [0.717, 1.165) is 11.3 Å². The Bertz CT molecular complexity index is 506. The Morgan fingerprint density at radius 3 is 2.90 bits per heavy atom. The van der Waals surface area contributed by atoms with Gasteiger partial charge in [-0.15, -0.1) is 11.3 Å². The Balaban J connectivity index is 1.94. The minimum atomic E-state index is -0.824. The van der Waals surface area contributed by atoms with E-state index in [1.165, 1.54) is 11.3 Å². The molecule has 5 nitrogen and oxygen atoms in total. The van der Waals surface area contributed by atoms with Crippen molar-refractivity contribution in [3.63, 3.8) is 0 Å².